The summed E-state index contributed by atoms with van der Waals surface area (Å²) in [6, 6.07) is 2.79. The van der Waals surface area contributed by atoms with Crippen LogP contribution in [0.15, 0.2) is 29.2 Å². The molecule has 3 rings (SSSR count). The summed E-state index contributed by atoms with van der Waals surface area (Å²) in [5, 5.41) is 13.2. The smallest absolute Gasteiger partial charge is 0.503 e. The van der Waals surface area contributed by atoms with Crippen LogP contribution in [0.3, 0.4) is 0 Å². The second-order valence-electron chi connectivity index (χ2n) is 11.8. The van der Waals surface area contributed by atoms with Gasteiger partial charge in [-0.1, -0.05) is 6.07 Å². The van der Waals surface area contributed by atoms with Crippen LogP contribution in [0.2, 0.25) is 0 Å². The van der Waals surface area contributed by atoms with Gasteiger partial charge >= 0.3 is 12.3 Å². The average Bonchev–Trinajstić information content (AvgIpc) is 3.04. The zero-order chi connectivity index (χ0) is 37.9. The standard InChI is InChI=1S/C32H41F2N2O14P/c1-18(2)49-30(41)45-16-47-51(48-17-46-31(42)50-19(3)4)10-9-44-15-32(5)24(43-6)14-36-13-22(26(37)27(38)25(36)28(32)39)29(40)35-12-20-7-8-21(33)11-23(20)34/h7-8,11,13,18-19,24,38H,9-10,12,14-17H2,1-6H3,(H,35,40). The molecule has 51 heavy (non-hydrogen) atoms. The van der Waals surface area contributed by atoms with Gasteiger partial charge in [0.25, 0.3) is 5.91 Å². The quantitative estimate of drug-likeness (QED) is 0.100. The number of halogens is 2. The van der Waals surface area contributed by atoms with Gasteiger partial charge in [0.2, 0.25) is 19.0 Å². The molecule has 0 saturated heterocycles. The van der Waals surface area contributed by atoms with Crippen molar-refractivity contribution < 1.29 is 70.5 Å². The second-order valence-corrected chi connectivity index (χ2v) is 13.5. The predicted molar refractivity (Wildman–Crippen MR) is 173 cm³/mol. The summed E-state index contributed by atoms with van der Waals surface area (Å²) >= 11 is 0. The van der Waals surface area contributed by atoms with Crippen molar-refractivity contribution in [2.45, 2.75) is 66.0 Å². The number of carbonyl (C=O) groups is 4. The van der Waals surface area contributed by atoms with E-state index in [1.54, 1.807) is 27.7 Å². The lowest BCUT2D eigenvalue weighted by Gasteiger charge is -2.40. The number of hydrogen-bond donors (Lipinski definition) is 2. The van der Waals surface area contributed by atoms with Crippen molar-refractivity contribution in [3.05, 3.63) is 63.1 Å². The van der Waals surface area contributed by atoms with Crippen molar-refractivity contribution in [2.24, 2.45) is 5.41 Å². The molecule has 1 aromatic carbocycles. The zero-order valence-corrected chi connectivity index (χ0v) is 29.8. The zero-order valence-electron chi connectivity index (χ0n) is 28.9. The van der Waals surface area contributed by atoms with Crippen molar-refractivity contribution in [2.75, 3.05) is 40.1 Å². The molecule has 282 valence electrons. The highest BCUT2D eigenvalue weighted by atomic mass is 31.2. The number of ketones is 1. The maximum absolute atomic E-state index is 14.0. The van der Waals surface area contributed by atoms with Gasteiger partial charge in [0, 0.05) is 37.6 Å². The van der Waals surface area contributed by atoms with Crippen molar-refractivity contribution in [1.82, 2.24) is 9.88 Å². The van der Waals surface area contributed by atoms with E-state index in [1.165, 1.54) is 18.6 Å². The number of aromatic hydroxyl groups is 1. The molecular weight excluding hydrogens is 705 g/mol. The lowest BCUT2D eigenvalue weighted by atomic mass is 9.76. The van der Waals surface area contributed by atoms with E-state index < -0.39 is 98.1 Å². The fourth-order valence-electron chi connectivity index (χ4n) is 4.73. The summed E-state index contributed by atoms with van der Waals surface area (Å²) in [6.07, 6.45) is -2.52. The fraction of sp³-hybridized carbons (Fsp3) is 0.531. The largest absolute Gasteiger partial charge is 0.510 e. The van der Waals surface area contributed by atoms with Gasteiger partial charge in [0.1, 0.15) is 22.9 Å². The third-order valence-corrected chi connectivity index (χ3v) is 8.61. The number of amides is 1. The number of ether oxygens (including phenoxy) is 6. The first kappa shape index (κ1) is 41.2. The summed E-state index contributed by atoms with van der Waals surface area (Å²) in [7, 11) is -0.534. The molecule has 0 radical (unpaired) electrons. The lowest BCUT2D eigenvalue weighted by molar-refractivity contribution is -0.0519. The van der Waals surface area contributed by atoms with Crippen LogP contribution in [0.25, 0.3) is 0 Å². The number of fused-ring (bicyclic) bond motifs is 1. The summed E-state index contributed by atoms with van der Waals surface area (Å²) in [4.78, 5) is 63.1. The molecule has 16 nitrogen and oxygen atoms in total. The summed E-state index contributed by atoms with van der Waals surface area (Å²) < 4.78 is 70.3. The highest BCUT2D eigenvalue weighted by Gasteiger charge is 2.49. The van der Waals surface area contributed by atoms with Crippen molar-refractivity contribution >= 4 is 32.4 Å². The van der Waals surface area contributed by atoms with E-state index in [0.29, 0.717) is 6.07 Å². The SMILES string of the molecule is COC1Cn2cc(C(=O)NCc3ccc(F)cc3F)c(=O)c(O)c2C(=O)C1(C)COCCP(OCOC(=O)OC(C)C)OCOC(=O)OC(C)C. The minimum atomic E-state index is -1.88. The molecule has 2 heterocycles. The molecule has 19 heteroatoms. The number of carbonyl (C=O) groups excluding carboxylic acids is 4. The Bertz CT molecular complexity index is 1590. The van der Waals surface area contributed by atoms with Crippen LogP contribution in [0, 0.1) is 17.0 Å². The predicted octanol–water partition coefficient (Wildman–Crippen LogP) is 4.38. The highest BCUT2D eigenvalue weighted by molar-refractivity contribution is 7.47. The molecule has 0 spiro atoms. The number of aromatic nitrogens is 1. The van der Waals surface area contributed by atoms with Gasteiger partial charge in [-0.2, -0.15) is 0 Å². The molecule has 0 aliphatic carbocycles. The minimum Gasteiger partial charge on any atom is -0.503 e. The Morgan fingerprint density at radius 2 is 1.65 bits per heavy atom. The maximum atomic E-state index is 14.0. The number of benzene rings is 1. The Kier molecular flexibility index (Phi) is 15.2. The van der Waals surface area contributed by atoms with Crippen molar-refractivity contribution in [3.63, 3.8) is 0 Å². The first-order chi connectivity index (χ1) is 24.1. The first-order valence-corrected chi connectivity index (χ1v) is 17.0. The third kappa shape index (κ3) is 11.4. The number of nitrogens with one attached hydrogen (secondary N) is 1. The van der Waals surface area contributed by atoms with Crippen molar-refractivity contribution in [3.8, 4) is 5.75 Å². The molecule has 1 amide bonds. The van der Waals surface area contributed by atoms with Gasteiger partial charge in [0.05, 0.1) is 43.5 Å². The number of pyridine rings is 1. The number of hydrogen-bond acceptors (Lipinski definition) is 14. The van der Waals surface area contributed by atoms with E-state index in [2.05, 4.69) is 5.32 Å². The number of nitrogens with zero attached hydrogens (tertiary/aromatic N) is 1. The lowest BCUT2D eigenvalue weighted by Crippen LogP contribution is -2.52. The van der Waals surface area contributed by atoms with Gasteiger partial charge in [-0.3, -0.25) is 23.4 Å². The fourth-order valence-corrected chi connectivity index (χ4v) is 5.68. The number of Topliss-reactive ketones (excluding diaryl/α,β-unsaturated/α-hetero) is 1. The van der Waals surface area contributed by atoms with E-state index in [4.69, 9.17) is 37.5 Å². The normalized spacial score (nSPS) is 17.0. The van der Waals surface area contributed by atoms with E-state index >= 15 is 0 Å². The molecule has 2 N–H and O–H groups in total. The van der Waals surface area contributed by atoms with Gasteiger partial charge < -0.3 is 43.4 Å². The van der Waals surface area contributed by atoms with Gasteiger partial charge in [-0.05, 0) is 40.7 Å². The first-order valence-electron chi connectivity index (χ1n) is 15.6. The highest BCUT2D eigenvalue weighted by Crippen LogP contribution is 2.40. The molecule has 1 aliphatic rings. The molecule has 2 unspecified atom stereocenters. The second kappa shape index (κ2) is 18.9. The molecular formula is C32H41F2N2O14P. The van der Waals surface area contributed by atoms with Crippen LogP contribution in [0.4, 0.5) is 18.4 Å². The molecule has 1 aliphatic heterocycles. The Morgan fingerprint density at radius 3 is 2.20 bits per heavy atom. The molecule has 0 bridgehead atoms. The Morgan fingerprint density at radius 1 is 1.04 bits per heavy atom. The van der Waals surface area contributed by atoms with Crippen molar-refractivity contribution in [1.29, 1.82) is 0 Å². The topological polar surface area (TPSA) is 196 Å². The van der Waals surface area contributed by atoms with Crippen LogP contribution in [0.5, 0.6) is 5.75 Å². The Labute approximate surface area is 293 Å². The summed E-state index contributed by atoms with van der Waals surface area (Å²) in [6.45, 7) is 6.14. The monoisotopic (exact) mass is 746 g/mol. The molecule has 1 aromatic heterocycles. The molecule has 2 atom stereocenters. The summed E-state index contributed by atoms with van der Waals surface area (Å²) in [5.74, 6) is -4.35. The number of rotatable bonds is 17. The van der Waals surface area contributed by atoms with E-state index in [0.717, 1.165) is 18.3 Å². The minimum absolute atomic E-state index is 0.0394. The van der Waals surface area contributed by atoms with Crippen LogP contribution in [-0.2, 0) is 50.6 Å². The number of methoxy groups -OCH3 is 1. The maximum Gasteiger partial charge on any atom is 0.510 e. The van der Waals surface area contributed by atoms with Gasteiger partial charge in [-0.25, -0.2) is 18.4 Å². The van der Waals surface area contributed by atoms with E-state index in [9.17, 15) is 37.9 Å². The molecule has 2 aromatic rings. The summed E-state index contributed by atoms with van der Waals surface area (Å²) in [5.41, 5.74) is -3.49. The van der Waals surface area contributed by atoms with Gasteiger partial charge in [0.15, 0.2) is 19.9 Å². The van der Waals surface area contributed by atoms with Crippen LogP contribution < -0.4 is 10.7 Å². The Balaban J connectivity index is 1.68. The third-order valence-electron chi connectivity index (χ3n) is 7.28. The molecule has 0 saturated carbocycles. The average molecular weight is 747 g/mol. The molecule has 0 fully saturated rings. The van der Waals surface area contributed by atoms with Crippen LogP contribution in [0.1, 0.15) is 61.0 Å². The van der Waals surface area contributed by atoms with E-state index in [-0.39, 0.29) is 43.7 Å². The van der Waals surface area contributed by atoms with Crippen LogP contribution in [-0.4, -0.2) is 92.1 Å². The van der Waals surface area contributed by atoms with E-state index in [1.807, 2.05) is 0 Å². The van der Waals surface area contributed by atoms with Crippen LogP contribution >= 0.6 is 8.38 Å². The van der Waals surface area contributed by atoms with Gasteiger partial charge in [-0.15, -0.1) is 0 Å². The Hall–Kier alpha value is -4.22.